The summed E-state index contributed by atoms with van der Waals surface area (Å²) in [5, 5.41) is 9.85. The van der Waals surface area contributed by atoms with E-state index in [1.165, 1.54) is 5.56 Å². The molecule has 1 unspecified atom stereocenters. The van der Waals surface area contributed by atoms with E-state index >= 15 is 0 Å². The summed E-state index contributed by atoms with van der Waals surface area (Å²) in [7, 11) is 0. The lowest BCUT2D eigenvalue weighted by molar-refractivity contribution is -0.145. The maximum absolute atomic E-state index is 11.2. The zero-order valence-corrected chi connectivity index (χ0v) is 10.6. The maximum Gasteiger partial charge on any atom is 0.308 e. The molecule has 0 amide bonds. The molecule has 0 saturated carbocycles. The minimum atomic E-state index is -0.782. The molecule has 1 atom stereocenters. The van der Waals surface area contributed by atoms with E-state index in [9.17, 15) is 9.90 Å². The van der Waals surface area contributed by atoms with Crippen LogP contribution in [0, 0.1) is 0 Å². The number of aliphatic hydroxyl groups excluding tert-OH is 1. The van der Waals surface area contributed by atoms with Gasteiger partial charge in [-0.05, 0) is 24.0 Å². The second-order valence-corrected chi connectivity index (χ2v) is 4.35. The van der Waals surface area contributed by atoms with Crippen LogP contribution in [0.25, 0.3) is 0 Å². The first kappa shape index (κ1) is 13.7. The van der Waals surface area contributed by atoms with E-state index in [0.29, 0.717) is 12.5 Å². The quantitative estimate of drug-likeness (QED) is 0.800. The molecule has 0 spiro atoms. The normalized spacial score (nSPS) is 12.5. The Balaban J connectivity index is 2.63. The molecule has 3 nitrogen and oxygen atoms in total. The predicted octanol–water partition coefficient (Wildman–Crippen LogP) is 2.80. The third-order valence-electron chi connectivity index (χ3n) is 2.65. The Bertz CT molecular complexity index is 354. The number of aliphatic hydroxyl groups is 1. The summed E-state index contributed by atoms with van der Waals surface area (Å²) < 4.78 is 4.80. The van der Waals surface area contributed by atoms with Crippen LogP contribution in [0.1, 0.15) is 50.3 Å². The van der Waals surface area contributed by atoms with Gasteiger partial charge in [-0.3, -0.25) is 4.79 Å². The van der Waals surface area contributed by atoms with Gasteiger partial charge in [0.1, 0.15) is 0 Å². The molecule has 0 aromatic heterocycles. The summed E-state index contributed by atoms with van der Waals surface area (Å²) in [5.41, 5.74) is 1.97. The van der Waals surface area contributed by atoms with E-state index in [4.69, 9.17) is 4.74 Å². The van der Waals surface area contributed by atoms with Crippen molar-refractivity contribution < 1.29 is 14.6 Å². The summed E-state index contributed by atoms with van der Waals surface area (Å²) >= 11 is 0. The summed E-state index contributed by atoms with van der Waals surface area (Å²) in [4.78, 5) is 11.2. The third kappa shape index (κ3) is 4.19. The first-order chi connectivity index (χ1) is 8.04. The molecular weight excluding hydrogens is 216 g/mol. The molecule has 0 heterocycles. The summed E-state index contributed by atoms with van der Waals surface area (Å²) in [6.45, 7) is 6.33. The van der Waals surface area contributed by atoms with Crippen LogP contribution in [-0.4, -0.2) is 17.7 Å². The number of esters is 1. The fourth-order valence-corrected chi connectivity index (χ4v) is 1.60. The Labute approximate surface area is 102 Å². The highest BCUT2D eigenvalue weighted by molar-refractivity contribution is 5.70. The average Bonchev–Trinajstić information content (AvgIpc) is 2.29. The largest absolute Gasteiger partial charge is 0.466 e. The fourth-order valence-electron chi connectivity index (χ4n) is 1.60. The van der Waals surface area contributed by atoms with E-state index in [1.54, 1.807) is 6.92 Å². The van der Waals surface area contributed by atoms with E-state index < -0.39 is 6.10 Å². The summed E-state index contributed by atoms with van der Waals surface area (Å²) in [6.07, 6.45) is -0.773. The van der Waals surface area contributed by atoms with Crippen LogP contribution in [0.2, 0.25) is 0 Å². The summed E-state index contributed by atoms with van der Waals surface area (Å²) in [5.74, 6) is 0.0965. The Morgan fingerprint density at radius 3 is 2.24 bits per heavy atom. The van der Waals surface area contributed by atoms with Crippen molar-refractivity contribution in [1.82, 2.24) is 0 Å². The van der Waals surface area contributed by atoms with Gasteiger partial charge in [0.05, 0.1) is 19.1 Å². The number of benzene rings is 1. The smallest absolute Gasteiger partial charge is 0.308 e. The molecule has 17 heavy (non-hydrogen) atoms. The van der Waals surface area contributed by atoms with Gasteiger partial charge in [-0.2, -0.15) is 0 Å². The van der Waals surface area contributed by atoms with Crippen molar-refractivity contribution in [2.45, 2.75) is 39.2 Å². The molecule has 1 aromatic rings. The standard InChI is InChI=1S/C14H20O3/c1-4-17-14(16)9-13(15)12-7-5-11(6-8-12)10(2)3/h5-8,10,13,15H,4,9H2,1-3H3. The van der Waals surface area contributed by atoms with E-state index in [0.717, 1.165) is 5.56 Å². The molecular formula is C14H20O3. The van der Waals surface area contributed by atoms with Crippen LogP contribution in [0.15, 0.2) is 24.3 Å². The van der Waals surface area contributed by atoms with Gasteiger partial charge < -0.3 is 9.84 Å². The van der Waals surface area contributed by atoms with Crippen LogP contribution in [-0.2, 0) is 9.53 Å². The van der Waals surface area contributed by atoms with Crippen LogP contribution in [0.4, 0.5) is 0 Å². The van der Waals surface area contributed by atoms with Gasteiger partial charge in [0.2, 0.25) is 0 Å². The molecule has 0 aliphatic heterocycles. The minimum Gasteiger partial charge on any atom is -0.466 e. The van der Waals surface area contributed by atoms with Gasteiger partial charge >= 0.3 is 5.97 Å². The van der Waals surface area contributed by atoms with E-state index in [2.05, 4.69) is 13.8 Å². The number of carbonyl (C=O) groups is 1. The van der Waals surface area contributed by atoms with Crippen molar-refractivity contribution in [3.8, 4) is 0 Å². The first-order valence-electron chi connectivity index (χ1n) is 5.98. The lowest BCUT2D eigenvalue weighted by Gasteiger charge is -2.12. The van der Waals surface area contributed by atoms with Crippen LogP contribution >= 0.6 is 0 Å². The van der Waals surface area contributed by atoms with Gasteiger partial charge in [-0.15, -0.1) is 0 Å². The summed E-state index contributed by atoms with van der Waals surface area (Å²) in [6, 6.07) is 7.68. The second-order valence-electron chi connectivity index (χ2n) is 4.35. The lowest BCUT2D eigenvalue weighted by atomic mass is 9.99. The number of hydrogen-bond donors (Lipinski definition) is 1. The van der Waals surface area contributed by atoms with Gasteiger partial charge in [0, 0.05) is 0 Å². The minimum absolute atomic E-state index is 0.00879. The molecule has 0 fully saturated rings. The van der Waals surface area contributed by atoms with Gasteiger partial charge in [-0.1, -0.05) is 38.1 Å². The van der Waals surface area contributed by atoms with E-state index in [-0.39, 0.29) is 12.4 Å². The van der Waals surface area contributed by atoms with E-state index in [1.807, 2.05) is 24.3 Å². The Hall–Kier alpha value is -1.35. The molecule has 94 valence electrons. The average molecular weight is 236 g/mol. The predicted molar refractivity (Wildman–Crippen MR) is 66.7 cm³/mol. The molecule has 0 aliphatic carbocycles. The fraction of sp³-hybridized carbons (Fsp3) is 0.500. The molecule has 1 rings (SSSR count). The lowest BCUT2D eigenvalue weighted by Crippen LogP contribution is -2.10. The monoisotopic (exact) mass is 236 g/mol. The van der Waals surface area contributed by atoms with Crippen molar-refractivity contribution >= 4 is 5.97 Å². The molecule has 0 bridgehead atoms. The molecule has 0 aliphatic rings. The third-order valence-corrected chi connectivity index (χ3v) is 2.65. The Morgan fingerprint density at radius 2 is 1.76 bits per heavy atom. The first-order valence-corrected chi connectivity index (χ1v) is 5.98. The van der Waals surface area contributed by atoms with Crippen molar-refractivity contribution in [3.05, 3.63) is 35.4 Å². The number of carbonyl (C=O) groups excluding carboxylic acids is 1. The zero-order chi connectivity index (χ0) is 12.8. The SMILES string of the molecule is CCOC(=O)CC(O)c1ccc(C(C)C)cc1. The molecule has 1 N–H and O–H groups in total. The Kier molecular flexibility index (Phi) is 5.16. The van der Waals surface area contributed by atoms with Crippen molar-refractivity contribution in [3.63, 3.8) is 0 Å². The second kappa shape index (κ2) is 6.40. The van der Waals surface area contributed by atoms with Crippen LogP contribution in [0.5, 0.6) is 0 Å². The van der Waals surface area contributed by atoms with Gasteiger partial charge in [-0.25, -0.2) is 0 Å². The highest BCUT2D eigenvalue weighted by Gasteiger charge is 2.13. The number of ether oxygens (including phenoxy) is 1. The van der Waals surface area contributed by atoms with Crippen molar-refractivity contribution in [2.24, 2.45) is 0 Å². The zero-order valence-electron chi connectivity index (χ0n) is 10.6. The topological polar surface area (TPSA) is 46.5 Å². The highest BCUT2D eigenvalue weighted by Crippen LogP contribution is 2.20. The van der Waals surface area contributed by atoms with Crippen LogP contribution < -0.4 is 0 Å². The van der Waals surface area contributed by atoms with Crippen LogP contribution in [0.3, 0.4) is 0 Å². The molecule has 3 heteroatoms. The highest BCUT2D eigenvalue weighted by atomic mass is 16.5. The Morgan fingerprint density at radius 1 is 1.24 bits per heavy atom. The molecule has 0 saturated heterocycles. The van der Waals surface area contributed by atoms with Gasteiger partial charge in [0.25, 0.3) is 0 Å². The number of rotatable bonds is 5. The van der Waals surface area contributed by atoms with Crippen molar-refractivity contribution in [2.75, 3.05) is 6.61 Å². The van der Waals surface area contributed by atoms with Crippen molar-refractivity contribution in [1.29, 1.82) is 0 Å². The molecule has 1 aromatic carbocycles. The number of hydrogen-bond acceptors (Lipinski definition) is 3. The molecule has 0 radical (unpaired) electrons. The van der Waals surface area contributed by atoms with Gasteiger partial charge in [0.15, 0.2) is 0 Å². The maximum atomic E-state index is 11.2.